The fraction of sp³-hybridized carbons (Fsp3) is 0.167. The van der Waals surface area contributed by atoms with Crippen molar-refractivity contribution in [1.82, 2.24) is 4.98 Å². The van der Waals surface area contributed by atoms with Crippen LogP contribution in [0.1, 0.15) is 16.8 Å². The molecule has 0 amide bonds. The van der Waals surface area contributed by atoms with Gasteiger partial charge < -0.3 is 0 Å². The number of benzene rings is 1. The van der Waals surface area contributed by atoms with Crippen molar-refractivity contribution >= 4 is 26.5 Å². The van der Waals surface area contributed by atoms with Gasteiger partial charge in [0.1, 0.15) is 0 Å². The molecule has 0 saturated carbocycles. The quantitative estimate of drug-likeness (QED) is 0.937. The van der Waals surface area contributed by atoms with Crippen molar-refractivity contribution in [2.75, 3.05) is 4.72 Å². The van der Waals surface area contributed by atoms with Crippen LogP contribution in [0.4, 0.5) is 5.13 Å². The van der Waals surface area contributed by atoms with E-state index in [2.05, 4.69) is 9.71 Å². The van der Waals surface area contributed by atoms with Crippen molar-refractivity contribution in [2.24, 2.45) is 0 Å². The normalized spacial score (nSPS) is 10.9. The van der Waals surface area contributed by atoms with Crippen LogP contribution >= 0.6 is 11.3 Å². The van der Waals surface area contributed by atoms with Gasteiger partial charge in [-0.3, -0.25) is 4.72 Å². The molecule has 0 bridgehead atoms. The minimum atomic E-state index is -3.48. The molecule has 0 atom stereocenters. The average molecular weight is 293 g/mol. The summed E-state index contributed by atoms with van der Waals surface area (Å²) in [5.74, 6) is -0.142. The Balaban J connectivity index is 2.10. The van der Waals surface area contributed by atoms with Crippen LogP contribution in [0.2, 0.25) is 0 Å². The lowest BCUT2D eigenvalue weighted by atomic mass is 10.2. The summed E-state index contributed by atoms with van der Waals surface area (Å²) in [6.45, 7) is 1.80. The first-order chi connectivity index (χ1) is 8.98. The Morgan fingerprint density at radius 3 is 2.58 bits per heavy atom. The molecule has 19 heavy (non-hydrogen) atoms. The molecule has 0 radical (unpaired) electrons. The molecule has 2 rings (SSSR count). The zero-order valence-electron chi connectivity index (χ0n) is 10.1. The largest absolute Gasteiger partial charge is 0.258 e. The molecule has 1 N–H and O–H groups in total. The second-order valence-corrected chi connectivity index (χ2v) is 6.54. The summed E-state index contributed by atoms with van der Waals surface area (Å²) >= 11 is 1.25. The van der Waals surface area contributed by atoms with Gasteiger partial charge in [-0.15, -0.1) is 11.3 Å². The van der Waals surface area contributed by atoms with Crippen LogP contribution in [0.25, 0.3) is 0 Å². The lowest BCUT2D eigenvalue weighted by Crippen LogP contribution is -2.14. The molecule has 1 aromatic carbocycles. The van der Waals surface area contributed by atoms with E-state index >= 15 is 0 Å². The highest BCUT2D eigenvalue weighted by Crippen LogP contribution is 2.17. The van der Waals surface area contributed by atoms with Crippen molar-refractivity contribution in [3.8, 4) is 6.07 Å². The van der Waals surface area contributed by atoms with Crippen molar-refractivity contribution in [3.63, 3.8) is 0 Å². The standard InChI is InChI=1S/C12H11N3O2S2/c1-9-7-18-12(14-9)15-19(16,17)8-11-4-2-10(6-13)3-5-11/h2-5,7H,8H2,1H3,(H,14,15). The maximum Gasteiger partial charge on any atom is 0.238 e. The SMILES string of the molecule is Cc1csc(NS(=O)(=O)Cc2ccc(C#N)cc2)n1. The van der Waals surface area contributed by atoms with E-state index in [-0.39, 0.29) is 5.75 Å². The summed E-state index contributed by atoms with van der Waals surface area (Å²) in [7, 11) is -3.48. The van der Waals surface area contributed by atoms with Gasteiger partial charge in [0.15, 0.2) is 5.13 Å². The van der Waals surface area contributed by atoms with E-state index < -0.39 is 10.0 Å². The summed E-state index contributed by atoms with van der Waals surface area (Å²) in [5.41, 5.74) is 1.91. The first-order valence-electron chi connectivity index (χ1n) is 5.40. The number of nitrogens with one attached hydrogen (secondary N) is 1. The number of anilines is 1. The second-order valence-electron chi connectivity index (χ2n) is 3.96. The van der Waals surface area contributed by atoms with E-state index in [1.807, 2.05) is 6.07 Å². The molecular weight excluding hydrogens is 282 g/mol. The number of aryl methyl sites for hydroxylation is 1. The van der Waals surface area contributed by atoms with Crippen LogP contribution in [-0.2, 0) is 15.8 Å². The smallest absolute Gasteiger partial charge is 0.238 e. The van der Waals surface area contributed by atoms with Crippen LogP contribution in [0.15, 0.2) is 29.6 Å². The number of aromatic nitrogens is 1. The summed E-state index contributed by atoms with van der Waals surface area (Å²) in [5, 5.41) is 10.8. The molecule has 2 aromatic rings. The van der Waals surface area contributed by atoms with Gasteiger partial charge in [-0.05, 0) is 24.6 Å². The summed E-state index contributed by atoms with van der Waals surface area (Å²) < 4.78 is 26.3. The Hall–Kier alpha value is -1.91. The summed E-state index contributed by atoms with van der Waals surface area (Å²) in [4.78, 5) is 4.05. The molecule has 0 saturated heterocycles. The van der Waals surface area contributed by atoms with E-state index in [4.69, 9.17) is 5.26 Å². The van der Waals surface area contributed by atoms with Gasteiger partial charge in [-0.1, -0.05) is 12.1 Å². The third kappa shape index (κ3) is 3.77. The fourth-order valence-corrected chi connectivity index (χ4v) is 3.58. The zero-order valence-corrected chi connectivity index (χ0v) is 11.8. The van der Waals surface area contributed by atoms with Gasteiger partial charge in [0.2, 0.25) is 10.0 Å². The van der Waals surface area contributed by atoms with Crippen molar-refractivity contribution in [3.05, 3.63) is 46.5 Å². The minimum absolute atomic E-state index is 0.142. The van der Waals surface area contributed by atoms with Crippen molar-refractivity contribution < 1.29 is 8.42 Å². The monoisotopic (exact) mass is 293 g/mol. The Labute approximate surface area is 115 Å². The molecule has 0 unspecified atom stereocenters. The minimum Gasteiger partial charge on any atom is -0.258 e. The molecule has 0 aliphatic heterocycles. The fourth-order valence-electron chi connectivity index (χ4n) is 1.46. The molecule has 0 spiro atoms. The highest BCUT2D eigenvalue weighted by molar-refractivity contribution is 7.92. The first kappa shape index (κ1) is 13.5. The molecule has 0 fully saturated rings. The first-order valence-corrected chi connectivity index (χ1v) is 7.93. The van der Waals surface area contributed by atoms with Gasteiger partial charge in [-0.2, -0.15) is 5.26 Å². The van der Waals surface area contributed by atoms with Crippen molar-refractivity contribution in [1.29, 1.82) is 5.26 Å². The predicted molar refractivity (Wildman–Crippen MR) is 74.3 cm³/mol. The van der Waals surface area contributed by atoms with E-state index in [1.54, 1.807) is 36.6 Å². The van der Waals surface area contributed by atoms with E-state index in [1.165, 1.54) is 11.3 Å². The Morgan fingerprint density at radius 1 is 1.37 bits per heavy atom. The molecule has 1 aromatic heterocycles. The van der Waals surface area contributed by atoms with Gasteiger partial charge in [0.05, 0.1) is 23.1 Å². The highest BCUT2D eigenvalue weighted by Gasteiger charge is 2.13. The number of thiazole rings is 1. The number of sulfonamides is 1. The predicted octanol–water partition coefficient (Wildman–Crippen LogP) is 2.27. The zero-order chi connectivity index (χ0) is 13.9. The summed E-state index contributed by atoms with van der Waals surface area (Å²) in [6.07, 6.45) is 0. The van der Waals surface area contributed by atoms with Crippen LogP contribution in [0, 0.1) is 18.3 Å². The summed E-state index contributed by atoms with van der Waals surface area (Å²) in [6, 6.07) is 8.44. The van der Waals surface area contributed by atoms with E-state index in [0.717, 1.165) is 5.69 Å². The third-order valence-electron chi connectivity index (χ3n) is 2.30. The highest BCUT2D eigenvalue weighted by atomic mass is 32.2. The molecule has 1 heterocycles. The Bertz CT molecular complexity index is 712. The lowest BCUT2D eigenvalue weighted by Gasteiger charge is -2.05. The van der Waals surface area contributed by atoms with Gasteiger partial charge in [0, 0.05) is 5.38 Å². The number of nitriles is 1. The number of hydrogen-bond acceptors (Lipinski definition) is 5. The number of nitrogens with zero attached hydrogens (tertiary/aromatic N) is 2. The maximum atomic E-state index is 11.9. The van der Waals surface area contributed by atoms with E-state index in [9.17, 15) is 8.42 Å². The van der Waals surface area contributed by atoms with Gasteiger partial charge in [0.25, 0.3) is 0 Å². The van der Waals surface area contributed by atoms with Crippen molar-refractivity contribution in [2.45, 2.75) is 12.7 Å². The van der Waals surface area contributed by atoms with Gasteiger partial charge in [-0.25, -0.2) is 13.4 Å². The number of rotatable bonds is 4. The molecule has 0 aliphatic rings. The average Bonchev–Trinajstić information content (AvgIpc) is 2.74. The molecule has 7 heteroatoms. The van der Waals surface area contributed by atoms with Crippen LogP contribution in [0.5, 0.6) is 0 Å². The van der Waals surface area contributed by atoms with E-state index in [0.29, 0.717) is 16.3 Å². The maximum absolute atomic E-state index is 11.9. The second kappa shape index (κ2) is 5.38. The molecular formula is C12H11N3O2S2. The van der Waals surface area contributed by atoms with Gasteiger partial charge >= 0.3 is 0 Å². The number of hydrogen-bond donors (Lipinski definition) is 1. The van der Waals surface area contributed by atoms with Crippen LogP contribution < -0.4 is 4.72 Å². The van der Waals surface area contributed by atoms with Crippen LogP contribution in [-0.4, -0.2) is 13.4 Å². The Morgan fingerprint density at radius 2 is 2.05 bits per heavy atom. The molecule has 98 valence electrons. The lowest BCUT2D eigenvalue weighted by molar-refractivity contribution is 0.600. The third-order valence-corrected chi connectivity index (χ3v) is 4.52. The topological polar surface area (TPSA) is 82.9 Å². The molecule has 5 nitrogen and oxygen atoms in total. The Kier molecular flexibility index (Phi) is 3.83. The van der Waals surface area contributed by atoms with Crippen LogP contribution in [0.3, 0.4) is 0 Å². The molecule has 0 aliphatic carbocycles.